The van der Waals surface area contributed by atoms with Crippen LogP contribution in [0, 0.1) is 5.41 Å². The number of hydrogen-bond acceptors (Lipinski definition) is 2. The fraction of sp³-hybridized carbons (Fsp3) is 0.818. The van der Waals surface area contributed by atoms with E-state index in [0.717, 1.165) is 38.5 Å². The molecule has 0 bridgehead atoms. The van der Waals surface area contributed by atoms with Crippen molar-refractivity contribution in [1.82, 2.24) is 0 Å². The molecule has 1 fully saturated rings. The number of carboxylic acids is 2. The summed E-state index contributed by atoms with van der Waals surface area (Å²) in [6, 6.07) is 0. The maximum absolute atomic E-state index is 12.1. The summed E-state index contributed by atoms with van der Waals surface area (Å²) < 4.78 is 0. The lowest BCUT2D eigenvalue weighted by atomic mass is 9.76. The Morgan fingerprint density at radius 1 is 0.654 bits per heavy atom. The molecule has 0 unspecified atom stereocenters. The SMILES string of the molecule is CC(=CC1(C(=O)O)CCCCCCCCCCCCCCCC1)C(=O)O. The second kappa shape index (κ2) is 12.9. The largest absolute Gasteiger partial charge is 0.481 e. The highest BCUT2D eigenvalue weighted by molar-refractivity contribution is 5.88. The van der Waals surface area contributed by atoms with Crippen molar-refractivity contribution in [2.75, 3.05) is 0 Å². The highest BCUT2D eigenvalue weighted by Crippen LogP contribution is 2.35. The van der Waals surface area contributed by atoms with Gasteiger partial charge in [-0.05, 0) is 19.8 Å². The number of carbonyl (C=O) groups is 2. The van der Waals surface area contributed by atoms with Crippen molar-refractivity contribution in [1.29, 1.82) is 0 Å². The maximum atomic E-state index is 12.1. The lowest BCUT2D eigenvalue weighted by molar-refractivity contribution is -0.147. The molecule has 0 aromatic rings. The van der Waals surface area contributed by atoms with Crippen molar-refractivity contribution in [3.05, 3.63) is 11.6 Å². The molecule has 0 radical (unpaired) electrons. The molecule has 1 aliphatic carbocycles. The number of rotatable bonds is 3. The average Bonchev–Trinajstić information content (AvgIpc) is 2.60. The van der Waals surface area contributed by atoms with Gasteiger partial charge in [0.1, 0.15) is 0 Å². The van der Waals surface area contributed by atoms with Gasteiger partial charge in [-0.1, -0.05) is 96.0 Å². The van der Waals surface area contributed by atoms with E-state index in [1.165, 1.54) is 64.4 Å². The van der Waals surface area contributed by atoms with Crippen LogP contribution in [0.15, 0.2) is 11.6 Å². The average molecular weight is 367 g/mol. The van der Waals surface area contributed by atoms with Gasteiger partial charge in [-0.3, -0.25) is 4.79 Å². The fourth-order valence-corrected chi connectivity index (χ4v) is 4.02. The minimum Gasteiger partial charge on any atom is -0.481 e. The summed E-state index contributed by atoms with van der Waals surface area (Å²) in [7, 11) is 0. The summed E-state index contributed by atoms with van der Waals surface area (Å²) in [4.78, 5) is 23.3. The maximum Gasteiger partial charge on any atom is 0.330 e. The molecule has 1 aliphatic rings. The number of hydrogen-bond donors (Lipinski definition) is 2. The van der Waals surface area contributed by atoms with E-state index in [-0.39, 0.29) is 5.57 Å². The van der Waals surface area contributed by atoms with Gasteiger partial charge in [0.05, 0.1) is 5.41 Å². The molecular formula is C22H38O4. The quantitative estimate of drug-likeness (QED) is 0.571. The van der Waals surface area contributed by atoms with E-state index in [4.69, 9.17) is 0 Å². The molecule has 0 amide bonds. The third-order valence-corrected chi connectivity index (χ3v) is 5.75. The van der Waals surface area contributed by atoms with Crippen LogP contribution in [-0.2, 0) is 9.59 Å². The first-order valence-corrected chi connectivity index (χ1v) is 10.6. The van der Waals surface area contributed by atoms with Crippen LogP contribution in [0.2, 0.25) is 0 Å². The molecule has 4 nitrogen and oxygen atoms in total. The van der Waals surface area contributed by atoms with Crippen LogP contribution in [0.1, 0.15) is 110 Å². The van der Waals surface area contributed by atoms with E-state index >= 15 is 0 Å². The zero-order valence-electron chi connectivity index (χ0n) is 16.6. The van der Waals surface area contributed by atoms with Gasteiger partial charge in [0.15, 0.2) is 0 Å². The summed E-state index contributed by atoms with van der Waals surface area (Å²) in [6.45, 7) is 1.51. The van der Waals surface area contributed by atoms with Crippen LogP contribution in [0.5, 0.6) is 0 Å². The van der Waals surface area contributed by atoms with Gasteiger partial charge >= 0.3 is 11.9 Å². The van der Waals surface area contributed by atoms with Gasteiger partial charge in [-0.25, -0.2) is 4.79 Å². The Bertz CT molecular complexity index is 435. The van der Waals surface area contributed by atoms with Gasteiger partial charge in [-0.2, -0.15) is 0 Å². The van der Waals surface area contributed by atoms with E-state index < -0.39 is 17.4 Å². The topological polar surface area (TPSA) is 74.6 Å². The molecule has 0 heterocycles. The van der Waals surface area contributed by atoms with E-state index in [9.17, 15) is 19.8 Å². The normalized spacial score (nSPS) is 22.3. The number of aliphatic carboxylic acids is 2. The van der Waals surface area contributed by atoms with Crippen molar-refractivity contribution in [2.24, 2.45) is 5.41 Å². The van der Waals surface area contributed by atoms with Gasteiger partial charge in [-0.15, -0.1) is 0 Å². The Balaban J connectivity index is 2.77. The lowest BCUT2D eigenvalue weighted by Gasteiger charge is -2.27. The zero-order chi connectivity index (χ0) is 19.3. The molecule has 1 rings (SSSR count). The molecule has 2 N–H and O–H groups in total. The summed E-state index contributed by atoms with van der Waals surface area (Å²) in [5.74, 6) is -1.88. The highest BCUT2D eigenvalue weighted by atomic mass is 16.4. The van der Waals surface area contributed by atoms with E-state index in [2.05, 4.69) is 0 Å². The molecule has 26 heavy (non-hydrogen) atoms. The van der Waals surface area contributed by atoms with Crippen LogP contribution < -0.4 is 0 Å². The van der Waals surface area contributed by atoms with Crippen molar-refractivity contribution in [3.63, 3.8) is 0 Å². The Morgan fingerprint density at radius 2 is 0.962 bits per heavy atom. The van der Waals surface area contributed by atoms with E-state index in [1.807, 2.05) is 0 Å². The predicted molar refractivity (Wildman–Crippen MR) is 105 cm³/mol. The zero-order valence-corrected chi connectivity index (χ0v) is 16.6. The molecule has 4 heteroatoms. The van der Waals surface area contributed by atoms with Gasteiger partial charge in [0.25, 0.3) is 0 Å². The van der Waals surface area contributed by atoms with Crippen LogP contribution in [0.3, 0.4) is 0 Å². The minimum atomic E-state index is -1.02. The summed E-state index contributed by atoms with van der Waals surface area (Å²) >= 11 is 0. The molecule has 0 atom stereocenters. The Morgan fingerprint density at radius 3 is 1.23 bits per heavy atom. The number of carboxylic acid groups (broad SMARTS) is 2. The van der Waals surface area contributed by atoms with Crippen LogP contribution in [-0.4, -0.2) is 22.2 Å². The second-order valence-corrected chi connectivity index (χ2v) is 8.04. The smallest absolute Gasteiger partial charge is 0.330 e. The predicted octanol–water partition coefficient (Wildman–Crippen LogP) is 6.34. The van der Waals surface area contributed by atoms with E-state index in [0.29, 0.717) is 12.8 Å². The monoisotopic (exact) mass is 366 g/mol. The minimum absolute atomic E-state index is 0.151. The summed E-state index contributed by atoms with van der Waals surface area (Å²) in [5.41, 5.74) is -0.866. The Hall–Kier alpha value is -1.32. The van der Waals surface area contributed by atoms with Crippen LogP contribution in [0.4, 0.5) is 0 Å². The molecule has 1 saturated carbocycles. The molecule has 0 aromatic carbocycles. The van der Waals surface area contributed by atoms with Crippen LogP contribution in [0.25, 0.3) is 0 Å². The Kier molecular flexibility index (Phi) is 11.3. The molecule has 0 aromatic heterocycles. The molecular weight excluding hydrogens is 328 g/mol. The van der Waals surface area contributed by atoms with Crippen molar-refractivity contribution >= 4 is 11.9 Å². The van der Waals surface area contributed by atoms with E-state index in [1.54, 1.807) is 0 Å². The summed E-state index contributed by atoms with van der Waals surface area (Å²) in [5, 5.41) is 19.1. The standard InChI is InChI=1S/C22H38O4/c1-19(20(23)24)18-22(21(25)26)16-14-12-10-8-6-4-2-3-5-7-9-11-13-15-17-22/h18H,2-17H2,1H3,(H,23,24)(H,25,26). The lowest BCUT2D eigenvalue weighted by Crippen LogP contribution is -2.30. The summed E-state index contributed by atoms with van der Waals surface area (Å²) in [6.07, 6.45) is 19.1. The van der Waals surface area contributed by atoms with Gasteiger partial charge < -0.3 is 10.2 Å². The third-order valence-electron chi connectivity index (χ3n) is 5.75. The first kappa shape index (κ1) is 22.7. The van der Waals surface area contributed by atoms with Crippen molar-refractivity contribution in [2.45, 2.75) is 110 Å². The van der Waals surface area contributed by atoms with Gasteiger partial charge in [0, 0.05) is 5.57 Å². The molecule has 150 valence electrons. The fourth-order valence-electron chi connectivity index (χ4n) is 4.02. The van der Waals surface area contributed by atoms with Crippen LogP contribution >= 0.6 is 0 Å². The Labute approximate surface area is 159 Å². The first-order valence-electron chi connectivity index (χ1n) is 10.6. The van der Waals surface area contributed by atoms with Crippen molar-refractivity contribution in [3.8, 4) is 0 Å². The van der Waals surface area contributed by atoms with Gasteiger partial charge in [0.2, 0.25) is 0 Å². The first-order chi connectivity index (χ1) is 12.5. The third kappa shape index (κ3) is 8.86. The molecule has 0 aliphatic heterocycles. The highest BCUT2D eigenvalue weighted by Gasteiger charge is 2.36. The molecule has 0 saturated heterocycles. The van der Waals surface area contributed by atoms with Crippen molar-refractivity contribution < 1.29 is 19.8 Å². The second-order valence-electron chi connectivity index (χ2n) is 8.04. The molecule has 0 spiro atoms.